The highest BCUT2D eigenvalue weighted by molar-refractivity contribution is 6.21. The summed E-state index contributed by atoms with van der Waals surface area (Å²) in [6, 6.07) is 13.5. The molecule has 142 valence electrons. The molecule has 0 atom stereocenters. The van der Waals surface area contributed by atoms with Crippen LogP contribution < -0.4 is 14.8 Å². The standard InChI is InChI=1S/C21H20N4O3/c1-27-18-8-7-13(9-19(18)28-2)11-23-21-24-17(20(26)25-21)10-14-12-22-16-6-4-3-5-15(14)16/h3-10,12,26H,11H2,1-2H3,(H2,23,24,25)/b14-10-. The zero-order valence-corrected chi connectivity index (χ0v) is 15.6. The predicted octanol–water partition coefficient (Wildman–Crippen LogP) is 4.00. The first-order valence-corrected chi connectivity index (χ1v) is 8.77. The molecule has 0 saturated carbocycles. The number of methoxy groups -OCH3 is 2. The number of anilines is 1. The van der Waals surface area contributed by atoms with E-state index in [-0.39, 0.29) is 5.88 Å². The number of nitrogens with one attached hydrogen (secondary N) is 2. The Labute approximate surface area is 162 Å². The number of aromatic amines is 1. The molecule has 0 amide bonds. The largest absolute Gasteiger partial charge is 0.493 e. The molecule has 0 fully saturated rings. The van der Waals surface area contributed by atoms with Gasteiger partial charge in [-0.15, -0.1) is 0 Å². The van der Waals surface area contributed by atoms with Gasteiger partial charge in [-0.25, -0.2) is 0 Å². The monoisotopic (exact) mass is 376 g/mol. The smallest absolute Gasteiger partial charge is 0.238 e. The number of nitrogens with zero attached hydrogens (tertiary/aromatic N) is 2. The maximum absolute atomic E-state index is 10.2. The van der Waals surface area contributed by atoms with E-state index in [9.17, 15) is 5.11 Å². The zero-order valence-electron chi connectivity index (χ0n) is 15.6. The van der Waals surface area contributed by atoms with Gasteiger partial charge in [0.2, 0.25) is 11.8 Å². The molecule has 1 aromatic heterocycles. The molecule has 0 unspecified atom stereocenters. The van der Waals surface area contributed by atoms with Gasteiger partial charge in [0.05, 0.1) is 19.9 Å². The van der Waals surface area contributed by atoms with Crippen LogP contribution >= 0.6 is 0 Å². The number of rotatable bonds is 6. The Morgan fingerprint density at radius 2 is 1.93 bits per heavy atom. The second kappa shape index (κ2) is 7.48. The highest BCUT2D eigenvalue weighted by atomic mass is 16.5. The van der Waals surface area contributed by atoms with Crippen LogP contribution in [-0.2, 0) is 6.54 Å². The quantitative estimate of drug-likeness (QED) is 0.605. The van der Waals surface area contributed by atoms with Gasteiger partial charge in [-0.1, -0.05) is 24.3 Å². The van der Waals surface area contributed by atoms with Gasteiger partial charge in [0.15, 0.2) is 11.5 Å². The fourth-order valence-electron chi connectivity index (χ4n) is 3.05. The van der Waals surface area contributed by atoms with Gasteiger partial charge in [-0.3, -0.25) is 4.99 Å². The van der Waals surface area contributed by atoms with Crippen LogP contribution in [0.3, 0.4) is 0 Å². The molecule has 2 aromatic carbocycles. The summed E-state index contributed by atoms with van der Waals surface area (Å²) in [6.45, 7) is 0.508. The number of aromatic nitrogens is 2. The number of benzene rings is 2. The molecule has 4 rings (SSSR count). The topological polar surface area (TPSA) is 91.8 Å². The first-order valence-electron chi connectivity index (χ1n) is 8.77. The number of H-pyrrole nitrogens is 1. The van der Waals surface area contributed by atoms with Crippen molar-refractivity contribution in [1.82, 2.24) is 9.97 Å². The minimum atomic E-state index is -0.0694. The summed E-state index contributed by atoms with van der Waals surface area (Å²) in [4.78, 5) is 11.6. The zero-order chi connectivity index (χ0) is 19.5. The third-order valence-electron chi connectivity index (χ3n) is 4.48. The van der Waals surface area contributed by atoms with Crippen LogP contribution in [0.25, 0.3) is 11.6 Å². The minimum absolute atomic E-state index is 0.0694. The van der Waals surface area contributed by atoms with E-state index in [0.29, 0.717) is 29.7 Å². The Bertz CT molecular complexity index is 1070. The Kier molecular flexibility index (Phi) is 4.72. The van der Waals surface area contributed by atoms with Crippen molar-refractivity contribution in [3.63, 3.8) is 0 Å². The van der Waals surface area contributed by atoms with E-state index in [0.717, 1.165) is 22.4 Å². The summed E-state index contributed by atoms with van der Waals surface area (Å²) in [6.07, 6.45) is 3.61. The van der Waals surface area contributed by atoms with Gasteiger partial charge in [0.25, 0.3) is 0 Å². The summed E-state index contributed by atoms with van der Waals surface area (Å²) in [5.74, 6) is 1.74. The van der Waals surface area contributed by atoms with Gasteiger partial charge in [-0.2, -0.15) is 4.98 Å². The van der Waals surface area contributed by atoms with Crippen molar-refractivity contribution < 1.29 is 14.6 Å². The van der Waals surface area contributed by atoms with Crippen LogP contribution in [0, 0.1) is 0 Å². The number of allylic oxidation sites excluding steroid dienone is 1. The van der Waals surface area contributed by atoms with Crippen molar-refractivity contribution in [2.75, 3.05) is 19.5 Å². The van der Waals surface area contributed by atoms with Gasteiger partial charge in [-0.05, 0) is 29.8 Å². The molecule has 28 heavy (non-hydrogen) atoms. The van der Waals surface area contributed by atoms with E-state index in [1.165, 1.54) is 0 Å². The molecule has 0 aliphatic carbocycles. The lowest BCUT2D eigenvalue weighted by molar-refractivity contribution is 0.354. The van der Waals surface area contributed by atoms with Gasteiger partial charge >= 0.3 is 0 Å². The molecule has 0 saturated heterocycles. The highest BCUT2D eigenvalue weighted by Crippen LogP contribution is 2.33. The lowest BCUT2D eigenvalue weighted by Gasteiger charge is -2.09. The second-order valence-electron chi connectivity index (χ2n) is 6.24. The highest BCUT2D eigenvalue weighted by Gasteiger charge is 2.14. The molecular weight excluding hydrogens is 356 g/mol. The van der Waals surface area contributed by atoms with Crippen LogP contribution in [0.2, 0.25) is 0 Å². The molecule has 0 radical (unpaired) electrons. The number of hydrogen-bond donors (Lipinski definition) is 3. The van der Waals surface area contributed by atoms with Gasteiger partial charge in [0.1, 0.15) is 5.69 Å². The first kappa shape index (κ1) is 17.7. The summed E-state index contributed by atoms with van der Waals surface area (Å²) in [7, 11) is 3.20. The molecular formula is C21H20N4O3. The molecule has 0 spiro atoms. The molecule has 1 aliphatic rings. The second-order valence-corrected chi connectivity index (χ2v) is 6.24. The number of aliphatic imine (C=N–C) groups is 1. The maximum Gasteiger partial charge on any atom is 0.238 e. The minimum Gasteiger partial charge on any atom is -0.493 e. The molecule has 7 nitrogen and oxygen atoms in total. The molecule has 7 heteroatoms. The Morgan fingerprint density at radius 1 is 1.11 bits per heavy atom. The Balaban J connectivity index is 1.50. The number of aromatic hydroxyl groups is 1. The van der Waals surface area contributed by atoms with E-state index in [1.807, 2.05) is 48.5 Å². The number of fused-ring (bicyclic) bond motifs is 1. The van der Waals surface area contributed by atoms with E-state index in [2.05, 4.69) is 20.3 Å². The van der Waals surface area contributed by atoms with Crippen LogP contribution in [0.1, 0.15) is 16.8 Å². The first-order chi connectivity index (χ1) is 13.7. The SMILES string of the molecule is COc1ccc(CNc2nc(O)c(/C=C3/C=Nc4ccccc43)[nH]2)cc1OC. The van der Waals surface area contributed by atoms with E-state index >= 15 is 0 Å². The lowest BCUT2D eigenvalue weighted by atomic mass is 10.1. The Hall–Kier alpha value is -3.74. The number of para-hydroxylation sites is 1. The summed E-state index contributed by atoms with van der Waals surface area (Å²) in [5, 5.41) is 13.3. The van der Waals surface area contributed by atoms with Crippen molar-refractivity contribution in [3.05, 3.63) is 59.3 Å². The fourth-order valence-corrected chi connectivity index (χ4v) is 3.05. The van der Waals surface area contributed by atoms with E-state index in [1.54, 1.807) is 20.4 Å². The number of imidazole rings is 1. The third-order valence-corrected chi connectivity index (χ3v) is 4.48. The molecule has 1 aliphatic heterocycles. The maximum atomic E-state index is 10.2. The van der Waals surface area contributed by atoms with Crippen molar-refractivity contribution in [3.8, 4) is 17.4 Å². The average molecular weight is 376 g/mol. The van der Waals surface area contributed by atoms with Crippen molar-refractivity contribution >= 4 is 29.5 Å². The molecule has 0 bridgehead atoms. The summed E-state index contributed by atoms with van der Waals surface area (Å²) < 4.78 is 10.6. The normalized spacial score (nSPS) is 13.6. The predicted molar refractivity (Wildman–Crippen MR) is 110 cm³/mol. The molecule has 3 aromatic rings. The van der Waals surface area contributed by atoms with Gasteiger partial charge < -0.3 is 24.9 Å². The summed E-state index contributed by atoms with van der Waals surface area (Å²) in [5.41, 5.74) is 4.37. The van der Waals surface area contributed by atoms with Crippen LogP contribution in [0.15, 0.2) is 47.5 Å². The van der Waals surface area contributed by atoms with Crippen molar-refractivity contribution in [1.29, 1.82) is 0 Å². The fraction of sp³-hybridized carbons (Fsp3) is 0.143. The van der Waals surface area contributed by atoms with Gasteiger partial charge in [0, 0.05) is 23.9 Å². The Morgan fingerprint density at radius 3 is 2.75 bits per heavy atom. The third kappa shape index (κ3) is 3.42. The van der Waals surface area contributed by atoms with E-state index < -0.39 is 0 Å². The van der Waals surface area contributed by atoms with Crippen LogP contribution in [-0.4, -0.2) is 35.5 Å². The van der Waals surface area contributed by atoms with E-state index in [4.69, 9.17) is 9.47 Å². The van der Waals surface area contributed by atoms with Crippen LogP contribution in [0.5, 0.6) is 17.4 Å². The van der Waals surface area contributed by atoms with Crippen LogP contribution in [0.4, 0.5) is 11.6 Å². The molecule has 3 N–H and O–H groups in total. The number of hydrogen-bond acceptors (Lipinski definition) is 6. The molecule has 2 heterocycles. The average Bonchev–Trinajstić information content (AvgIpc) is 3.30. The van der Waals surface area contributed by atoms with Crippen molar-refractivity contribution in [2.24, 2.45) is 4.99 Å². The van der Waals surface area contributed by atoms with Crippen molar-refractivity contribution in [2.45, 2.75) is 6.54 Å². The summed E-state index contributed by atoms with van der Waals surface area (Å²) >= 11 is 0. The number of ether oxygens (including phenoxy) is 2. The lowest BCUT2D eigenvalue weighted by Crippen LogP contribution is -2.01.